The van der Waals surface area contributed by atoms with Crippen molar-refractivity contribution in [2.45, 2.75) is 20.0 Å². The average molecular weight is 458 g/mol. The maximum Gasteiger partial charge on any atom is 0.245 e. The summed E-state index contributed by atoms with van der Waals surface area (Å²) in [7, 11) is 1.57. The van der Waals surface area contributed by atoms with Crippen LogP contribution in [0.1, 0.15) is 23.1 Å². The van der Waals surface area contributed by atoms with Gasteiger partial charge in [-0.2, -0.15) is 5.10 Å². The van der Waals surface area contributed by atoms with Gasteiger partial charge in [0.15, 0.2) is 11.5 Å². The van der Waals surface area contributed by atoms with Gasteiger partial charge in [-0.05, 0) is 48.4 Å². The van der Waals surface area contributed by atoms with E-state index >= 15 is 0 Å². The first-order chi connectivity index (χ1) is 16.5. The zero-order valence-electron chi connectivity index (χ0n) is 19.2. The first-order valence-electron chi connectivity index (χ1n) is 11.1. The van der Waals surface area contributed by atoms with Crippen molar-refractivity contribution < 1.29 is 19.1 Å². The fourth-order valence-corrected chi connectivity index (χ4v) is 3.74. The number of nitrogens with one attached hydrogen (secondary N) is 1. The molecule has 0 aromatic heterocycles. The predicted octanol–water partition coefficient (Wildman–Crippen LogP) is 4.09. The van der Waals surface area contributed by atoms with Gasteiger partial charge in [-0.15, -0.1) is 0 Å². The lowest BCUT2D eigenvalue weighted by molar-refractivity contribution is -0.126. The number of ether oxygens (including phenoxy) is 2. The molecular weight excluding hydrogens is 430 g/mol. The van der Waals surface area contributed by atoms with Gasteiger partial charge >= 0.3 is 0 Å². The first kappa shape index (κ1) is 23.0. The summed E-state index contributed by atoms with van der Waals surface area (Å²) in [5.41, 5.74) is 6.28. The van der Waals surface area contributed by atoms with E-state index in [1.807, 2.05) is 67.6 Å². The van der Waals surface area contributed by atoms with Crippen molar-refractivity contribution in [2.75, 3.05) is 18.6 Å². The van der Waals surface area contributed by atoms with Gasteiger partial charge in [0.05, 0.1) is 19.2 Å². The molecule has 4 rings (SSSR count). The number of aryl methyl sites for hydroxylation is 1. The highest BCUT2D eigenvalue weighted by Crippen LogP contribution is 2.28. The molecule has 174 valence electrons. The quantitative estimate of drug-likeness (QED) is 0.408. The van der Waals surface area contributed by atoms with Gasteiger partial charge in [-0.1, -0.05) is 48.0 Å². The van der Waals surface area contributed by atoms with E-state index < -0.39 is 5.92 Å². The second-order valence-electron chi connectivity index (χ2n) is 8.16. The van der Waals surface area contributed by atoms with Crippen LogP contribution < -0.4 is 19.8 Å². The molecular formula is C27H27N3O4. The Morgan fingerprint density at radius 2 is 1.85 bits per heavy atom. The van der Waals surface area contributed by atoms with Crippen LogP contribution in [-0.2, 0) is 16.2 Å². The molecule has 0 radical (unpaired) electrons. The molecule has 0 aliphatic carbocycles. The van der Waals surface area contributed by atoms with E-state index in [1.165, 1.54) is 6.21 Å². The number of rotatable bonds is 8. The van der Waals surface area contributed by atoms with Gasteiger partial charge in [-0.25, -0.2) is 5.43 Å². The Kier molecular flexibility index (Phi) is 7.22. The number of amides is 2. The summed E-state index contributed by atoms with van der Waals surface area (Å²) in [5.74, 6) is 0.390. The molecule has 1 fully saturated rings. The zero-order valence-corrected chi connectivity index (χ0v) is 19.2. The van der Waals surface area contributed by atoms with E-state index in [2.05, 4.69) is 10.5 Å². The summed E-state index contributed by atoms with van der Waals surface area (Å²) in [6.45, 7) is 2.76. The van der Waals surface area contributed by atoms with E-state index in [1.54, 1.807) is 24.1 Å². The van der Waals surface area contributed by atoms with Crippen LogP contribution in [0.25, 0.3) is 0 Å². The first-order valence-corrected chi connectivity index (χ1v) is 11.1. The topological polar surface area (TPSA) is 80.2 Å². The van der Waals surface area contributed by atoms with Crippen LogP contribution in [0, 0.1) is 12.8 Å². The fraction of sp³-hybridized carbons (Fsp3) is 0.222. The number of benzene rings is 3. The monoisotopic (exact) mass is 457 g/mol. The molecule has 7 nitrogen and oxygen atoms in total. The van der Waals surface area contributed by atoms with E-state index in [-0.39, 0.29) is 18.2 Å². The van der Waals surface area contributed by atoms with Gasteiger partial charge in [0, 0.05) is 18.7 Å². The molecule has 1 aliphatic heterocycles. The van der Waals surface area contributed by atoms with Crippen molar-refractivity contribution in [3.05, 3.63) is 89.5 Å². The average Bonchev–Trinajstić information content (AvgIpc) is 3.25. The number of anilines is 1. The van der Waals surface area contributed by atoms with E-state index in [0.717, 1.165) is 22.4 Å². The van der Waals surface area contributed by atoms with Crippen LogP contribution in [0.15, 0.2) is 77.9 Å². The van der Waals surface area contributed by atoms with Crippen molar-refractivity contribution in [3.63, 3.8) is 0 Å². The SMILES string of the molecule is COc1cc(/C=N/NC(=O)[C@H]2CC(=O)N(c3ccc(C)cc3)C2)ccc1OCc1ccccc1. The Morgan fingerprint density at radius 3 is 2.59 bits per heavy atom. The molecule has 3 aromatic carbocycles. The Labute approximate surface area is 199 Å². The molecule has 1 heterocycles. The molecule has 1 atom stereocenters. The van der Waals surface area contributed by atoms with Crippen molar-refractivity contribution in [1.29, 1.82) is 0 Å². The van der Waals surface area contributed by atoms with Crippen molar-refractivity contribution in [1.82, 2.24) is 5.43 Å². The largest absolute Gasteiger partial charge is 0.493 e. The molecule has 1 N–H and O–H groups in total. The minimum absolute atomic E-state index is 0.0659. The normalized spacial score (nSPS) is 15.5. The van der Waals surface area contributed by atoms with E-state index in [4.69, 9.17) is 9.47 Å². The summed E-state index contributed by atoms with van der Waals surface area (Å²) in [6, 6.07) is 23.0. The molecule has 1 saturated heterocycles. The lowest BCUT2D eigenvalue weighted by Gasteiger charge is -2.16. The van der Waals surface area contributed by atoms with E-state index in [9.17, 15) is 9.59 Å². The Bertz CT molecular complexity index is 1180. The van der Waals surface area contributed by atoms with Crippen molar-refractivity contribution >= 4 is 23.7 Å². The maximum absolute atomic E-state index is 12.6. The summed E-state index contributed by atoms with van der Waals surface area (Å²) < 4.78 is 11.3. The lowest BCUT2D eigenvalue weighted by Crippen LogP contribution is -2.30. The molecule has 0 unspecified atom stereocenters. The molecule has 0 bridgehead atoms. The number of carbonyl (C=O) groups excluding carboxylic acids is 2. The van der Waals surface area contributed by atoms with Gasteiger partial charge in [0.1, 0.15) is 6.61 Å². The molecule has 0 saturated carbocycles. The highest BCUT2D eigenvalue weighted by Gasteiger charge is 2.35. The molecule has 1 aliphatic rings. The minimum atomic E-state index is -0.450. The molecule has 7 heteroatoms. The van der Waals surface area contributed by atoms with Gasteiger partial charge in [-0.3, -0.25) is 9.59 Å². The Balaban J connectivity index is 1.33. The van der Waals surface area contributed by atoms with Crippen molar-refractivity contribution in [3.8, 4) is 11.5 Å². The third-order valence-corrected chi connectivity index (χ3v) is 5.65. The third-order valence-electron chi connectivity index (χ3n) is 5.65. The van der Waals surface area contributed by atoms with Gasteiger partial charge < -0.3 is 14.4 Å². The third kappa shape index (κ3) is 5.61. The van der Waals surface area contributed by atoms with Crippen LogP contribution in [0.4, 0.5) is 5.69 Å². The highest BCUT2D eigenvalue weighted by molar-refractivity contribution is 6.00. The van der Waals surface area contributed by atoms with E-state index in [0.29, 0.717) is 24.7 Å². The van der Waals surface area contributed by atoms with Gasteiger partial charge in [0.25, 0.3) is 0 Å². The second kappa shape index (κ2) is 10.7. The summed E-state index contributed by atoms with van der Waals surface area (Å²) >= 11 is 0. The maximum atomic E-state index is 12.6. The molecule has 0 spiro atoms. The number of hydrogen-bond acceptors (Lipinski definition) is 5. The Hall–Kier alpha value is -4.13. The standard InChI is InChI=1S/C27H27N3O4/c1-19-8-11-23(12-9-19)30-17-22(15-26(30)31)27(32)29-28-16-21-10-13-24(25(14-21)33-2)34-18-20-6-4-3-5-7-20/h3-14,16,22H,15,17-18H2,1-2H3,(H,29,32)/b28-16+/t22-/m0/s1. The smallest absolute Gasteiger partial charge is 0.245 e. The molecule has 3 aromatic rings. The number of nitrogens with zero attached hydrogens (tertiary/aromatic N) is 2. The van der Waals surface area contributed by atoms with Crippen LogP contribution in [0.2, 0.25) is 0 Å². The second-order valence-corrected chi connectivity index (χ2v) is 8.16. The summed E-state index contributed by atoms with van der Waals surface area (Å²) in [6.07, 6.45) is 1.70. The van der Waals surface area contributed by atoms with Gasteiger partial charge in [0.2, 0.25) is 11.8 Å². The number of hydrogen-bond donors (Lipinski definition) is 1. The highest BCUT2D eigenvalue weighted by atomic mass is 16.5. The molecule has 34 heavy (non-hydrogen) atoms. The number of carbonyl (C=O) groups is 2. The van der Waals surface area contributed by atoms with Crippen molar-refractivity contribution in [2.24, 2.45) is 11.0 Å². The molecule has 2 amide bonds. The number of methoxy groups -OCH3 is 1. The minimum Gasteiger partial charge on any atom is -0.493 e. The van der Waals surface area contributed by atoms with Crippen LogP contribution in [0.5, 0.6) is 11.5 Å². The van der Waals surface area contributed by atoms with Crippen LogP contribution >= 0.6 is 0 Å². The number of hydrazone groups is 1. The van der Waals surface area contributed by atoms with Crippen LogP contribution in [0.3, 0.4) is 0 Å². The van der Waals surface area contributed by atoms with Crippen LogP contribution in [-0.4, -0.2) is 31.7 Å². The lowest BCUT2D eigenvalue weighted by atomic mass is 10.1. The summed E-state index contributed by atoms with van der Waals surface area (Å²) in [4.78, 5) is 26.6. The fourth-order valence-electron chi connectivity index (χ4n) is 3.74. The zero-order chi connectivity index (χ0) is 23.9. The predicted molar refractivity (Wildman–Crippen MR) is 131 cm³/mol. The summed E-state index contributed by atoms with van der Waals surface area (Å²) in [5, 5.41) is 4.07. The Morgan fingerprint density at radius 1 is 1.09 bits per heavy atom.